The molecule has 11 heteroatoms. The number of carboxylic acid groups (broad SMARTS) is 1. The van der Waals surface area contributed by atoms with Crippen LogP contribution in [0.2, 0.25) is 0 Å². The molecule has 0 saturated carbocycles. The fraction of sp³-hybridized carbons (Fsp3) is 0.208. The summed E-state index contributed by atoms with van der Waals surface area (Å²) in [6.07, 6.45) is 1.35. The Labute approximate surface area is 201 Å². The highest BCUT2D eigenvalue weighted by molar-refractivity contribution is 7.89. The van der Waals surface area contributed by atoms with Gasteiger partial charge in [0.05, 0.1) is 24.2 Å². The summed E-state index contributed by atoms with van der Waals surface area (Å²) >= 11 is 0. The second kappa shape index (κ2) is 9.42. The molecule has 2 aromatic carbocycles. The number of nitrogens with two attached hydrogens (primary N) is 1. The number of nitrogens with zero attached hydrogens (tertiary/aromatic N) is 3. The number of hydrogen-bond donors (Lipinski definition) is 2. The Morgan fingerprint density at radius 1 is 1.23 bits per heavy atom. The van der Waals surface area contributed by atoms with Crippen molar-refractivity contribution in [1.29, 1.82) is 5.26 Å². The van der Waals surface area contributed by atoms with Crippen LogP contribution in [0.5, 0.6) is 5.75 Å². The lowest BCUT2D eigenvalue weighted by atomic mass is 9.87. The smallest absolute Gasteiger partial charge is 0.320 e. The molecule has 1 saturated heterocycles. The molecule has 0 aliphatic carbocycles. The standard InChI is InChI=1S/C24H21FN4O5S/c25-18-6-4-17(5-7-18)24(34-20-9-8-19(12-26)28-13-20)14-29(15-24)35(32,33)21-3-1-2-16(10-21)11-22(27)23(30)31/h1-10,13,22H,11,14-15,27H2,(H,30,31)/t22-/m0/s1. The Morgan fingerprint density at radius 2 is 1.94 bits per heavy atom. The van der Waals surface area contributed by atoms with Crippen LogP contribution >= 0.6 is 0 Å². The average Bonchev–Trinajstić information content (AvgIpc) is 2.82. The number of carbonyl (C=O) groups is 1. The first-order chi connectivity index (χ1) is 16.6. The van der Waals surface area contributed by atoms with Crippen molar-refractivity contribution in [1.82, 2.24) is 9.29 Å². The zero-order valence-corrected chi connectivity index (χ0v) is 19.2. The van der Waals surface area contributed by atoms with E-state index in [1.165, 1.54) is 59.0 Å². The maximum Gasteiger partial charge on any atom is 0.320 e. The molecule has 0 radical (unpaired) electrons. The largest absolute Gasteiger partial charge is 0.480 e. The third kappa shape index (κ3) is 5.00. The van der Waals surface area contributed by atoms with Gasteiger partial charge in [0.1, 0.15) is 29.4 Å². The van der Waals surface area contributed by atoms with Gasteiger partial charge in [0, 0.05) is 0 Å². The van der Waals surface area contributed by atoms with Crippen molar-refractivity contribution in [2.75, 3.05) is 13.1 Å². The Bertz CT molecular complexity index is 1380. The minimum atomic E-state index is -3.94. The van der Waals surface area contributed by atoms with Crippen molar-refractivity contribution in [3.8, 4) is 11.8 Å². The van der Waals surface area contributed by atoms with Gasteiger partial charge in [-0.3, -0.25) is 4.79 Å². The predicted molar refractivity (Wildman–Crippen MR) is 122 cm³/mol. The van der Waals surface area contributed by atoms with Crippen molar-refractivity contribution in [2.24, 2.45) is 5.73 Å². The normalized spacial score (nSPS) is 16.0. The predicted octanol–water partition coefficient (Wildman–Crippen LogP) is 2.03. The fourth-order valence-electron chi connectivity index (χ4n) is 3.81. The summed E-state index contributed by atoms with van der Waals surface area (Å²) in [5.74, 6) is -1.29. The van der Waals surface area contributed by atoms with E-state index in [0.29, 0.717) is 16.9 Å². The molecule has 2 heterocycles. The summed E-state index contributed by atoms with van der Waals surface area (Å²) in [6.45, 7) is -0.111. The van der Waals surface area contributed by atoms with Crippen LogP contribution in [0.1, 0.15) is 16.8 Å². The number of pyridine rings is 1. The number of aliphatic carboxylic acids is 1. The molecule has 3 aromatic rings. The second-order valence-electron chi connectivity index (χ2n) is 8.16. The van der Waals surface area contributed by atoms with E-state index in [1.54, 1.807) is 12.1 Å². The van der Waals surface area contributed by atoms with E-state index in [0.717, 1.165) is 0 Å². The molecule has 4 rings (SSSR count). The summed E-state index contributed by atoms with van der Waals surface area (Å²) in [6, 6.07) is 15.4. The van der Waals surface area contributed by atoms with Gasteiger partial charge in [0.15, 0.2) is 5.60 Å². The molecule has 0 spiro atoms. The Hall–Kier alpha value is -3.85. The Morgan fingerprint density at radius 3 is 2.54 bits per heavy atom. The molecule has 1 aromatic heterocycles. The molecule has 3 N–H and O–H groups in total. The highest BCUT2D eigenvalue weighted by Crippen LogP contribution is 2.40. The molecule has 1 atom stereocenters. The summed E-state index contributed by atoms with van der Waals surface area (Å²) in [7, 11) is -3.94. The van der Waals surface area contributed by atoms with Crippen LogP contribution < -0.4 is 10.5 Å². The Kier molecular flexibility index (Phi) is 6.53. The zero-order valence-electron chi connectivity index (χ0n) is 18.3. The topological polar surface area (TPSA) is 147 Å². The van der Waals surface area contributed by atoms with E-state index in [-0.39, 0.29) is 30.1 Å². The lowest BCUT2D eigenvalue weighted by Crippen LogP contribution is -2.64. The number of carboxylic acids is 1. The van der Waals surface area contributed by atoms with E-state index in [4.69, 9.17) is 20.8 Å². The van der Waals surface area contributed by atoms with Crippen molar-refractivity contribution >= 4 is 16.0 Å². The quantitative estimate of drug-likeness (QED) is 0.482. The third-order valence-corrected chi connectivity index (χ3v) is 7.49. The highest BCUT2D eigenvalue weighted by atomic mass is 32.2. The molecule has 1 fully saturated rings. The van der Waals surface area contributed by atoms with E-state index >= 15 is 0 Å². The van der Waals surface area contributed by atoms with Crippen LogP contribution in [-0.4, -0.2) is 47.9 Å². The fourth-order valence-corrected chi connectivity index (χ4v) is 5.41. The molecule has 0 unspecified atom stereocenters. The van der Waals surface area contributed by atoms with Gasteiger partial charge in [0.25, 0.3) is 0 Å². The Balaban J connectivity index is 1.60. The van der Waals surface area contributed by atoms with Gasteiger partial charge in [-0.1, -0.05) is 24.3 Å². The molecular formula is C24H21FN4O5S. The summed E-state index contributed by atoms with van der Waals surface area (Å²) in [5.41, 5.74) is 5.74. The van der Waals surface area contributed by atoms with E-state index in [2.05, 4.69) is 4.98 Å². The number of benzene rings is 2. The van der Waals surface area contributed by atoms with Crippen LogP contribution in [0.3, 0.4) is 0 Å². The number of nitriles is 1. The van der Waals surface area contributed by atoms with E-state index in [1.807, 2.05) is 6.07 Å². The molecule has 0 bridgehead atoms. The van der Waals surface area contributed by atoms with E-state index < -0.39 is 33.5 Å². The second-order valence-corrected chi connectivity index (χ2v) is 10.1. The first kappa shape index (κ1) is 24.3. The molecule has 1 aliphatic rings. The molecule has 0 amide bonds. The zero-order chi connectivity index (χ0) is 25.2. The lowest BCUT2D eigenvalue weighted by Gasteiger charge is -2.48. The third-order valence-electron chi connectivity index (χ3n) is 5.71. The van der Waals surface area contributed by atoms with Gasteiger partial charge in [-0.15, -0.1) is 0 Å². The van der Waals surface area contributed by atoms with Crippen LogP contribution in [0.4, 0.5) is 4.39 Å². The number of halogens is 1. The van der Waals surface area contributed by atoms with Gasteiger partial charge in [-0.2, -0.15) is 9.57 Å². The summed E-state index contributed by atoms with van der Waals surface area (Å²) in [5, 5.41) is 18.0. The van der Waals surface area contributed by atoms with Crippen molar-refractivity contribution in [3.05, 3.63) is 89.5 Å². The highest BCUT2D eigenvalue weighted by Gasteiger charge is 2.52. The molecule has 1 aliphatic heterocycles. The number of sulfonamides is 1. The monoisotopic (exact) mass is 496 g/mol. The SMILES string of the molecule is N#Cc1ccc(OC2(c3ccc(F)cc3)CN(S(=O)(=O)c3cccc(C[C@H](N)C(=O)O)c3)C2)cn1. The van der Waals surface area contributed by atoms with Crippen molar-refractivity contribution in [3.63, 3.8) is 0 Å². The average molecular weight is 497 g/mol. The van der Waals surface area contributed by atoms with Crippen LogP contribution in [0, 0.1) is 17.1 Å². The molecule has 180 valence electrons. The number of ether oxygens (including phenoxy) is 1. The number of hydrogen-bond acceptors (Lipinski definition) is 7. The molecular weight excluding hydrogens is 475 g/mol. The minimum Gasteiger partial charge on any atom is -0.480 e. The van der Waals surface area contributed by atoms with Gasteiger partial charge >= 0.3 is 5.97 Å². The minimum absolute atomic E-state index is 0.000310. The van der Waals surface area contributed by atoms with Crippen LogP contribution in [-0.2, 0) is 26.8 Å². The summed E-state index contributed by atoms with van der Waals surface area (Å²) in [4.78, 5) is 15.0. The summed E-state index contributed by atoms with van der Waals surface area (Å²) < 4.78 is 47.5. The number of aromatic nitrogens is 1. The van der Waals surface area contributed by atoms with Gasteiger partial charge in [0.2, 0.25) is 10.0 Å². The maximum atomic E-state index is 13.5. The first-order valence-corrected chi connectivity index (χ1v) is 12.0. The van der Waals surface area contributed by atoms with Crippen molar-refractivity contribution in [2.45, 2.75) is 23.0 Å². The van der Waals surface area contributed by atoms with Gasteiger partial charge in [-0.05, 0) is 53.9 Å². The molecule has 9 nitrogen and oxygen atoms in total. The first-order valence-electron chi connectivity index (χ1n) is 10.5. The maximum absolute atomic E-state index is 13.5. The lowest BCUT2D eigenvalue weighted by molar-refractivity contribution is -0.138. The van der Waals surface area contributed by atoms with E-state index in [9.17, 15) is 17.6 Å². The van der Waals surface area contributed by atoms with Crippen molar-refractivity contribution < 1.29 is 27.4 Å². The molecule has 35 heavy (non-hydrogen) atoms. The van der Waals surface area contributed by atoms with Crippen LogP contribution in [0.25, 0.3) is 0 Å². The van der Waals surface area contributed by atoms with Gasteiger partial charge < -0.3 is 15.6 Å². The van der Waals surface area contributed by atoms with Crippen LogP contribution in [0.15, 0.2) is 71.8 Å². The van der Waals surface area contributed by atoms with Gasteiger partial charge in [-0.25, -0.2) is 17.8 Å². The number of rotatable bonds is 8.